The van der Waals surface area contributed by atoms with Gasteiger partial charge < -0.3 is 25.6 Å². The number of quaternary nitrogens is 1. The highest BCUT2D eigenvalue weighted by Gasteiger charge is 2.62. The van der Waals surface area contributed by atoms with E-state index in [1.807, 2.05) is 6.07 Å². The Morgan fingerprint density at radius 2 is 1.94 bits per heavy atom. The van der Waals surface area contributed by atoms with E-state index in [9.17, 15) is 29.1 Å². The Bertz CT molecular complexity index is 907. The fourth-order valence-electron chi connectivity index (χ4n) is 3.83. The standard InChI is InChI=1S/C19H22N4O8/c1-11-7-13(31-16(20)25)9-23(11,19(28)29)18(27)22-8-14(15(22)24)21-17(26)30-10-12-5-3-2-4-6-12/h2-6,11,13-14H,7-10H2,1H3,(H3-,20,21,25,26,28,29)/p+1/t11-,13-,14+,23-/m1/s1. The van der Waals surface area contributed by atoms with Gasteiger partial charge in [-0.2, -0.15) is 4.79 Å². The molecular weight excluding hydrogens is 412 g/mol. The van der Waals surface area contributed by atoms with Crippen LogP contribution in [0.15, 0.2) is 30.3 Å². The van der Waals surface area contributed by atoms with Gasteiger partial charge in [-0.1, -0.05) is 30.3 Å². The molecule has 12 nitrogen and oxygen atoms in total. The third-order valence-corrected chi connectivity index (χ3v) is 5.48. The second kappa shape index (κ2) is 8.60. The maximum Gasteiger partial charge on any atom is 0.523 e. The molecule has 0 radical (unpaired) electrons. The molecule has 0 aliphatic carbocycles. The number of ether oxygens (including phenoxy) is 2. The number of alkyl carbamates (subject to hydrolysis) is 1. The van der Waals surface area contributed by atoms with Crippen molar-refractivity contribution in [1.29, 1.82) is 0 Å². The van der Waals surface area contributed by atoms with Crippen molar-refractivity contribution in [2.75, 3.05) is 13.1 Å². The van der Waals surface area contributed by atoms with Gasteiger partial charge in [-0.3, -0.25) is 4.79 Å². The molecule has 0 aromatic heterocycles. The molecule has 2 heterocycles. The van der Waals surface area contributed by atoms with Crippen molar-refractivity contribution in [1.82, 2.24) is 10.2 Å². The van der Waals surface area contributed by atoms with Gasteiger partial charge in [0, 0.05) is 6.42 Å². The smallest absolute Gasteiger partial charge is 0.445 e. The molecule has 0 bridgehead atoms. The Morgan fingerprint density at radius 1 is 1.26 bits per heavy atom. The monoisotopic (exact) mass is 435 g/mol. The second-order valence-corrected chi connectivity index (χ2v) is 7.47. The lowest BCUT2D eigenvalue weighted by Gasteiger charge is -2.40. The van der Waals surface area contributed by atoms with E-state index in [0.29, 0.717) is 0 Å². The Kier molecular flexibility index (Phi) is 6.11. The van der Waals surface area contributed by atoms with E-state index in [-0.39, 0.29) is 26.1 Å². The molecular formula is C19H23N4O8+. The van der Waals surface area contributed by atoms with Crippen molar-refractivity contribution in [3.05, 3.63) is 35.9 Å². The minimum atomic E-state index is -1.47. The number of primary amides is 1. The number of nitrogens with two attached hydrogens (primary N) is 1. The quantitative estimate of drug-likeness (QED) is 0.465. The van der Waals surface area contributed by atoms with Gasteiger partial charge in [0.25, 0.3) is 5.91 Å². The predicted octanol–water partition coefficient (Wildman–Crippen LogP) is 0.995. The minimum absolute atomic E-state index is 0.00795. The Labute approximate surface area is 177 Å². The molecule has 4 N–H and O–H groups in total. The summed E-state index contributed by atoms with van der Waals surface area (Å²) >= 11 is 0. The van der Waals surface area contributed by atoms with Crippen molar-refractivity contribution >= 4 is 30.2 Å². The number of urea groups is 1. The number of hydrogen-bond donors (Lipinski definition) is 3. The Balaban J connectivity index is 1.59. The van der Waals surface area contributed by atoms with Crippen LogP contribution in [0, 0.1) is 0 Å². The third kappa shape index (κ3) is 4.28. The number of β-lactam (4-membered cyclic amide) rings is 1. The first kappa shape index (κ1) is 22.0. The van der Waals surface area contributed by atoms with Crippen LogP contribution in [-0.4, -0.2) is 76.0 Å². The predicted molar refractivity (Wildman–Crippen MR) is 102 cm³/mol. The molecule has 3 rings (SSSR count). The molecule has 0 spiro atoms. The van der Waals surface area contributed by atoms with Crippen LogP contribution in [0.25, 0.3) is 0 Å². The van der Waals surface area contributed by atoms with E-state index in [0.717, 1.165) is 10.5 Å². The summed E-state index contributed by atoms with van der Waals surface area (Å²) in [5, 5.41) is 12.1. The van der Waals surface area contributed by atoms with Crippen molar-refractivity contribution in [3.63, 3.8) is 0 Å². The number of rotatable bonds is 4. The highest BCUT2D eigenvalue weighted by atomic mass is 16.6. The van der Waals surface area contributed by atoms with Crippen LogP contribution in [0.2, 0.25) is 0 Å². The molecule has 4 atom stereocenters. The summed E-state index contributed by atoms with van der Waals surface area (Å²) in [5.41, 5.74) is 5.75. The first-order valence-electron chi connectivity index (χ1n) is 9.55. The average Bonchev–Trinajstić information content (AvgIpc) is 3.05. The SMILES string of the molecule is C[C@@H]1C[C@@H](OC(N)=O)C[N@+]1(C(=O)O)C(=O)N1C[C@H](NC(=O)OCc2ccccc2)C1=O. The summed E-state index contributed by atoms with van der Waals surface area (Å²) < 4.78 is 8.80. The molecule has 1 aromatic carbocycles. The van der Waals surface area contributed by atoms with E-state index in [2.05, 4.69) is 5.32 Å². The number of nitrogens with one attached hydrogen (secondary N) is 1. The molecule has 2 fully saturated rings. The van der Waals surface area contributed by atoms with Gasteiger partial charge in [-0.15, -0.1) is 4.48 Å². The molecule has 0 unspecified atom stereocenters. The first-order valence-corrected chi connectivity index (χ1v) is 9.55. The normalized spacial score (nSPS) is 27.2. The maximum atomic E-state index is 13.0. The van der Waals surface area contributed by atoms with Gasteiger partial charge >= 0.3 is 24.3 Å². The molecule has 2 aliphatic rings. The molecule has 2 aliphatic heterocycles. The van der Waals surface area contributed by atoms with Crippen LogP contribution >= 0.6 is 0 Å². The van der Waals surface area contributed by atoms with Crippen LogP contribution in [0.1, 0.15) is 18.9 Å². The summed E-state index contributed by atoms with van der Waals surface area (Å²) in [5.74, 6) is -0.744. The van der Waals surface area contributed by atoms with Gasteiger partial charge in [0.1, 0.15) is 25.2 Å². The van der Waals surface area contributed by atoms with Crippen LogP contribution in [0.5, 0.6) is 0 Å². The zero-order chi connectivity index (χ0) is 22.8. The number of imide groups is 2. The summed E-state index contributed by atoms with van der Waals surface area (Å²) in [6.45, 7) is 0.976. The number of amides is 6. The van der Waals surface area contributed by atoms with Crippen molar-refractivity contribution < 1.29 is 43.0 Å². The van der Waals surface area contributed by atoms with Crippen LogP contribution in [0.3, 0.4) is 0 Å². The number of carboxylic acid groups (broad SMARTS) is 1. The fraction of sp³-hybridized carbons (Fsp3) is 0.421. The van der Waals surface area contributed by atoms with Gasteiger partial charge in [0.15, 0.2) is 6.10 Å². The van der Waals surface area contributed by atoms with Gasteiger partial charge in [-0.25, -0.2) is 19.3 Å². The Morgan fingerprint density at radius 3 is 2.52 bits per heavy atom. The number of benzene rings is 1. The number of hydrogen-bond acceptors (Lipinski definition) is 7. The number of likely N-dealkylation sites (tertiary alicyclic amines) is 2. The zero-order valence-electron chi connectivity index (χ0n) is 16.7. The number of carbonyl (C=O) groups excluding carboxylic acids is 4. The lowest BCUT2D eigenvalue weighted by molar-refractivity contribution is -0.792. The number of carbonyl (C=O) groups is 5. The van der Waals surface area contributed by atoms with E-state index in [4.69, 9.17) is 15.2 Å². The molecule has 0 saturated carbocycles. The topological polar surface area (TPSA) is 165 Å². The molecule has 166 valence electrons. The molecule has 6 amide bonds. The van der Waals surface area contributed by atoms with E-state index in [1.54, 1.807) is 24.3 Å². The van der Waals surface area contributed by atoms with E-state index < -0.39 is 52.9 Å². The fourth-order valence-corrected chi connectivity index (χ4v) is 3.83. The van der Waals surface area contributed by atoms with Gasteiger partial charge in [0.2, 0.25) is 0 Å². The van der Waals surface area contributed by atoms with Crippen molar-refractivity contribution in [2.45, 2.75) is 38.1 Å². The highest BCUT2D eigenvalue weighted by Crippen LogP contribution is 2.33. The molecule has 1 aromatic rings. The second-order valence-electron chi connectivity index (χ2n) is 7.47. The lowest BCUT2D eigenvalue weighted by Crippen LogP contribution is -2.73. The number of nitrogens with zero attached hydrogens (tertiary/aromatic N) is 2. The summed E-state index contributed by atoms with van der Waals surface area (Å²) in [7, 11) is 0. The van der Waals surface area contributed by atoms with Gasteiger partial charge in [0.05, 0.1) is 6.54 Å². The third-order valence-electron chi connectivity index (χ3n) is 5.48. The summed E-state index contributed by atoms with van der Waals surface area (Å²) in [4.78, 5) is 61.1. The summed E-state index contributed by atoms with van der Waals surface area (Å²) in [6.07, 6.45) is -4.16. The van der Waals surface area contributed by atoms with E-state index in [1.165, 1.54) is 6.92 Å². The van der Waals surface area contributed by atoms with Crippen molar-refractivity contribution in [3.8, 4) is 0 Å². The van der Waals surface area contributed by atoms with Gasteiger partial charge in [-0.05, 0) is 12.5 Å². The summed E-state index contributed by atoms with van der Waals surface area (Å²) in [6, 6.07) is 6.20. The first-order chi connectivity index (χ1) is 14.6. The van der Waals surface area contributed by atoms with Crippen LogP contribution in [-0.2, 0) is 20.9 Å². The lowest BCUT2D eigenvalue weighted by atomic mass is 10.1. The van der Waals surface area contributed by atoms with Crippen LogP contribution in [0.4, 0.5) is 19.2 Å². The van der Waals surface area contributed by atoms with Crippen LogP contribution < -0.4 is 11.1 Å². The molecule has 2 saturated heterocycles. The molecule has 31 heavy (non-hydrogen) atoms. The van der Waals surface area contributed by atoms with Crippen molar-refractivity contribution in [2.24, 2.45) is 5.73 Å². The average molecular weight is 435 g/mol. The largest absolute Gasteiger partial charge is 0.523 e. The molecule has 12 heteroatoms. The van der Waals surface area contributed by atoms with E-state index >= 15 is 0 Å². The zero-order valence-corrected chi connectivity index (χ0v) is 16.7. The maximum absolute atomic E-state index is 13.0. The Hall–Kier alpha value is -3.67. The minimum Gasteiger partial charge on any atom is -0.445 e. The highest BCUT2D eigenvalue weighted by molar-refractivity contribution is 6.03.